The zero-order valence-electron chi connectivity index (χ0n) is 33.2. The van der Waals surface area contributed by atoms with Crippen molar-refractivity contribution in [2.24, 2.45) is 0 Å². The number of hydrogen-bond donors (Lipinski definition) is 0. The molecular weight excluding hydrogens is 731 g/mol. The second kappa shape index (κ2) is 13.9. The van der Waals surface area contributed by atoms with E-state index < -0.39 is 15.4 Å². The van der Waals surface area contributed by atoms with Gasteiger partial charge in [0.1, 0.15) is 0 Å². The summed E-state index contributed by atoms with van der Waals surface area (Å²) < 4.78 is 0. The summed E-state index contributed by atoms with van der Waals surface area (Å²) in [5.41, 5.74) is 18.3. The molecule has 1 aliphatic carbocycles. The van der Waals surface area contributed by atoms with Crippen LogP contribution in [0.5, 0.6) is 0 Å². The molecule has 0 spiro atoms. The van der Waals surface area contributed by atoms with Crippen molar-refractivity contribution in [3.8, 4) is 44.5 Å². The van der Waals surface area contributed by atoms with Gasteiger partial charge in [0.25, 0.3) is 0 Å². The molecule has 9 aromatic carbocycles. The molecule has 1 nitrogen and oxygen atoms in total. The molecule has 0 bridgehead atoms. The van der Waals surface area contributed by atoms with E-state index in [1.165, 1.54) is 82.2 Å². The molecular formula is C57H43NS. The van der Waals surface area contributed by atoms with Gasteiger partial charge in [-0.2, -0.15) is 10.0 Å². The fourth-order valence-electron chi connectivity index (χ4n) is 9.95. The average molecular weight is 774 g/mol. The molecule has 0 fully saturated rings. The van der Waals surface area contributed by atoms with Crippen LogP contribution in [0.3, 0.4) is 0 Å². The minimum Gasteiger partial charge on any atom is -0.310 e. The van der Waals surface area contributed by atoms with Crippen LogP contribution < -0.4 is 4.90 Å². The van der Waals surface area contributed by atoms with Crippen LogP contribution >= 0.6 is 10.0 Å². The molecule has 59 heavy (non-hydrogen) atoms. The number of hydrogen-bond acceptors (Lipinski definition) is 1. The molecule has 282 valence electrons. The lowest BCUT2D eigenvalue weighted by molar-refractivity contribution is 0.768. The summed E-state index contributed by atoms with van der Waals surface area (Å²) in [7, 11) is -1.20. The molecule has 2 heteroatoms. The quantitative estimate of drug-likeness (QED) is 0.156. The molecule has 0 saturated heterocycles. The van der Waals surface area contributed by atoms with Gasteiger partial charge in [-0.25, -0.2) is 0 Å². The smallest absolute Gasteiger partial charge is 0.0713 e. The SMILES string of the molecule is CS1(C)c2ccccc2-c2c(N(c3ccc(-c4cccc(-c5ccccc5)c4)cc3)c3ccc(C4(c5ccccc5)c5ccccc5-c5ccccc54)cc3)cccc21. The summed E-state index contributed by atoms with van der Waals surface area (Å²) in [6, 6.07) is 83.1. The molecule has 0 atom stereocenters. The van der Waals surface area contributed by atoms with Gasteiger partial charge in [0.05, 0.1) is 11.1 Å². The number of benzene rings is 9. The summed E-state index contributed by atoms with van der Waals surface area (Å²) in [6.07, 6.45) is 4.89. The molecule has 0 N–H and O–H groups in total. The Bertz CT molecular complexity index is 2960. The van der Waals surface area contributed by atoms with E-state index in [1.54, 1.807) is 0 Å². The summed E-state index contributed by atoms with van der Waals surface area (Å²) >= 11 is 0. The molecule has 9 aromatic rings. The van der Waals surface area contributed by atoms with Gasteiger partial charge in [-0.15, -0.1) is 0 Å². The van der Waals surface area contributed by atoms with Crippen LogP contribution in [0.25, 0.3) is 44.5 Å². The van der Waals surface area contributed by atoms with Crippen molar-refractivity contribution in [2.75, 3.05) is 17.4 Å². The van der Waals surface area contributed by atoms with Crippen LogP contribution in [-0.2, 0) is 5.41 Å². The Hall–Kier alpha value is -6.87. The molecule has 0 radical (unpaired) electrons. The summed E-state index contributed by atoms with van der Waals surface area (Å²) in [5, 5.41) is 0. The first kappa shape index (κ1) is 35.3. The summed E-state index contributed by atoms with van der Waals surface area (Å²) in [6.45, 7) is 0. The first-order valence-electron chi connectivity index (χ1n) is 20.4. The van der Waals surface area contributed by atoms with Crippen LogP contribution in [0.1, 0.15) is 22.3 Å². The van der Waals surface area contributed by atoms with E-state index >= 15 is 0 Å². The monoisotopic (exact) mass is 773 g/mol. The van der Waals surface area contributed by atoms with Crippen LogP contribution in [0.2, 0.25) is 0 Å². The lowest BCUT2D eigenvalue weighted by Crippen LogP contribution is -2.28. The Kier molecular flexibility index (Phi) is 8.32. The molecule has 0 unspecified atom stereocenters. The average Bonchev–Trinajstić information content (AvgIpc) is 3.74. The number of rotatable bonds is 7. The number of fused-ring (bicyclic) bond motifs is 6. The Balaban J connectivity index is 1.08. The van der Waals surface area contributed by atoms with Crippen molar-refractivity contribution in [1.82, 2.24) is 0 Å². The molecule has 1 aliphatic heterocycles. The number of anilines is 3. The normalized spacial score (nSPS) is 14.4. The zero-order chi connectivity index (χ0) is 39.6. The minimum absolute atomic E-state index is 0.450. The second-order valence-corrected chi connectivity index (χ2v) is 19.6. The Morgan fingerprint density at radius 1 is 0.356 bits per heavy atom. The van der Waals surface area contributed by atoms with Crippen LogP contribution in [-0.4, -0.2) is 12.5 Å². The maximum Gasteiger partial charge on any atom is 0.0713 e. The Morgan fingerprint density at radius 3 is 1.46 bits per heavy atom. The van der Waals surface area contributed by atoms with Crippen molar-refractivity contribution >= 4 is 27.1 Å². The number of nitrogens with zero attached hydrogens (tertiary/aromatic N) is 1. The largest absolute Gasteiger partial charge is 0.310 e. The predicted octanol–water partition coefficient (Wildman–Crippen LogP) is 15.3. The maximum absolute atomic E-state index is 2.48. The van der Waals surface area contributed by atoms with Crippen LogP contribution in [0.15, 0.2) is 234 Å². The van der Waals surface area contributed by atoms with E-state index in [1.807, 2.05) is 0 Å². The Morgan fingerprint density at radius 2 is 0.814 bits per heavy atom. The highest BCUT2D eigenvalue weighted by atomic mass is 32.3. The molecule has 0 amide bonds. The van der Waals surface area contributed by atoms with Gasteiger partial charge in [0.15, 0.2) is 0 Å². The van der Waals surface area contributed by atoms with Crippen molar-refractivity contribution in [3.63, 3.8) is 0 Å². The van der Waals surface area contributed by atoms with Gasteiger partial charge in [-0.1, -0.05) is 176 Å². The maximum atomic E-state index is 2.48. The van der Waals surface area contributed by atoms with Crippen molar-refractivity contribution in [2.45, 2.75) is 15.2 Å². The van der Waals surface area contributed by atoms with Gasteiger partial charge in [-0.05, 0) is 122 Å². The first-order valence-corrected chi connectivity index (χ1v) is 22.9. The van der Waals surface area contributed by atoms with Crippen molar-refractivity contribution in [3.05, 3.63) is 247 Å². The second-order valence-electron chi connectivity index (χ2n) is 16.1. The van der Waals surface area contributed by atoms with Gasteiger partial charge in [0, 0.05) is 26.7 Å². The molecule has 11 rings (SSSR count). The topological polar surface area (TPSA) is 3.24 Å². The molecule has 0 saturated carbocycles. The third kappa shape index (κ3) is 5.48. The summed E-state index contributed by atoms with van der Waals surface area (Å²) in [4.78, 5) is 5.37. The van der Waals surface area contributed by atoms with E-state index in [2.05, 4.69) is 242 Å². The third-order valence-corrected chi connectivity index (χ3v) is 15.5. The minimum atomic E-state index is -1.20. The molecule has 2 aliphatic rings. The van der Waals surface area contributed by atoms with Crippen molar-refractivity contribution < 1.29 is 0 Å². The van der Waals surface area contributed by atoms with E-state index in [0.717, 1.165) is 11.4 Å². The molecule has 1 heterocycles. The van der Waals surface area contributed by atoms with Gasteiger partial charge in [0.2, 0.25) is 0 Å². The lowest BCUT2D eigenvalue weighted by Gasteiger charge is -2.34. The standard InChI is InChI=1S/C57H43NS/c1-59(2)54-29-14-11-25-50(54)56-53(28-16-30-55(56)59)58(46-35-31-41(32-36-46)43-20-15-19-42(39-43)40-17-5-3-6-18-40)47-37-33-45(34-38-47)57(44-21-7-4-8-22-44)51-26-12-9-23-48(51)49-24-10-13-27-52(49)57/h3-39H,1-2H3. The summed E-state index contributed by atoms with van der Waals surface area (Å²) in [5.74, 6) is 0. The van der Waals surface area contributed by atoms with E-state index in [9.17, 15) is 0 Å². The highest BCUT2D eigenvalue weighted by Crippen LogP contribution is 2.69. The third-order valence-electron chi connectivity index (χ3n) is 12.6. The Labute approximate surface area is 349 Å². The van der Waals surface area contributed by atoms with E-state index in [0.29, 0.717) is 0 Å². The van der Waals surface area contributed by atoms with Crippen LogP contribution in [0.4, 0.5) is 17.1 Å². The fourth-order valence-corrected chi connectivity index (χ4v) is 12.5. The fraction of sp³-hybridized carbons (Fsp3) is 0.0526. The zero-order valence-corrected chi connectivity index (χ0v) is 34.0. The molecule has 0 aromatic heterocycles. The van der Waals surface area contributed by atoms with Crippen LogP contribution in [0, 0.1) is 0 Å². The van der Waals surface area contributed by atoms with Crippen molar-refractivity contribution in [1.29, 1.82) is 0 Å². The van der Waals surface area contributed by atoms with E-state index in [4.69, 9.17) is 0 Å². The highest BCUT2D eigenvalue weighted by Gasteiger charge is 2.46. The van der Waals surface area contributed by atoms with E-state index in [-0.39, 0.29) is 0 Å². The predicted molar refractivity (Wildman–Crippen MR) is 251 cm³/mol. The van der Waals surface area contributed by atoms with Gasteiger partial charge < -0.3 is 4.90 Å². The highest BCUT2D eigenvalue weighted by molar-refractivity contribution is 8.33. The lowest BCUT2D eigenvalue weighted by atomic mass is 9.68. The van der Waals surface area contributed by atoms with Gasteiger partial charge >= 0.3 is 0 Å². The van der Waals surface area contributed by atoms with Gasteiger partial charge in [-0.3, -0.25) is 0 Å². The first-order chi connectivity index (χ1) is 29.0.